The summed E-state index contributed by atoms with van der Waals surface area (Å²) in [6.07, 6.45) is 0. The maximum atomic E-state index is 12.8. The molecule has 2 heterocycles. The topological polar surface area (TPSA) is 97.6 Å². The zero-order valence-corrected chi connectivity index (χ0v) is 18.4. The molecule has 1 amide bonds. The maximum Gasteiger partial charge on any atom is 0.293 e. The number of aromatic nitrogens is 1. The van der Waals surface area contributed by atoms with Gasteiger partial charge >= 0.3 is 0 Å². The number of nitrogens with one attached hydrogen (secondary N) is 1. The van der Waals surface area contributed by atoms with Gasteiger partial charge < -0.3 is 9.64 Å². The summed E-state index contributed by atoms with van der Waals surface area (Å²) < 4.78 is 5.32. The Hall–Kier alpha value is -3.82. The number of amides is 1. The summed E-state index contributed by atoms with van der Waals surface area (Å²) in [6, 6.07) is 18.7. The Morgan fingerprint density at radius 1 is 1.06 bits per heavy atom. The molecule has 0 saturated carbocycles. The molecule has 9 heteroatoms. The lowest BCUT2D eigenvalue weighted by Gasteiger charge is -2.28. The van der Waals surface area contributed by atoms with Crippen LogP contribution < -0.4 is 10.2 Å². The highest BCUT2D eigenvalue weighted by atomic mass is 32.1. The van der Waals surface area contributed by atoms with Gasteiger partial charge in [-0.15, -0.1) is 11.3 Å². The van der Waals surface area contributed by atoms with Crippen LogP contribution in [-0.2, 0) is 4.74 Å². The van der Waals surface area contributed by atoms with E-state index < -0.39 is 10.8 Å². The monoisotopic (exact) mass is 460 g/mol. The second-order valence-electron chi connectivity index (χ2n) is 7.61. The summed E-state index contributed by atoms with van der Waals surface area (Å²) in [4.78, 5) is 30.4. The minimum atomic E-state index is -0.456. The molecule has 0 bridgehead atoms. The number of thiazole rings is 1. The van der Waals surface area contributed by atoms with E-state index in [1.54, 1.807) is 12.1 Å². The van der Waals surface area contributed by atoms with Gasteiger partial charge in [0.05, 0.1) is 23.8 Å². The van der Waals surface area contributed by atoms with Gasteiger partial charge in [-0.1, -0.05) is 36.4 Å². The molecule has 1 aliphatic heterocycles. The Morgan fingerprint density at radius 2 is 1.85 bits per heavy atom. The Labute approximate surface area is 193 Å². The molecule has 166 valence electrons. The molecule has 4 aromatic rings. The predicted octanol–water partition coefficient (Wildman–Crippen LogP) is 4.96. The Balaban J connectivity index is 1.35. The van der Waals surface area contributed by atoms with Gasteiger partial charge in [0.1, 0.15) is 5.69 Å². The van der Waals surface area contributed by atoms with Crippen molar-refractivity contribution in [2.24, 2.45) is 0 Å². The third-order valence-electron chi connectivity index (χ3n) is 5.56. The highest BCUT2D eigenvalue weighted by Gasteiger charge is 2.23. The third kappa shape index (κ3) is 4.41. The largest absolute Gasteiger partial charge is 0.378 e. The van der Waals surface area contributed by atoms with Crippen LogP contribution in [-0.4, -0.2) is 42.1 Å². The molecular weight excluding hydrogens is 440 g/mol. The number of nitrogens with zero attached hydrogens (tertiary/aromatic N) is 3. The summed E-state index contributed by atoms with van der Waals surface area (Å²) in [5.74, 6) is -0.439. The van der Waals surface area contributed by atoms with Crippen LogP contribution >= 0.6 is 11.3 Å². The molecule has 1 saturated heterocycles. The smallest absolute Gasteiger partial charge is 0.293 e. The van der Waals surface area contributed by atoms with Crippen molar-refractivity contribution < 1.29 is 14.5 Å². The quantitative estimate of drug-likeness (QED) is 0.334. The Bertz CT molecular complexity index is 1350. The number of nitro groups is 1. The number of anilines is 2. The van der Waals surface area contributed by atoms with Crippen LogP contribution in [0.2, 0.25) is 0 Å². The highest BCUT2D eigenvalue weighted by Crippen LogP contribution is 2.31. The summed E-state index contributed by atoms with van der Waals surface area (Å²) in [5, 5.41) is 19.0. The van der Waals surface area contributed by atoms with Gasteiger partial charge in [0.2, 0.25) is 0 Å². The van der Waals surface area contributed by atoms with Gasteiger partial charge in [-0.05, 0) is 29.0 Å². The van der Waals surface area contributed by atoms with Gasteiger partial charge in [-0.3, -0.25) is 20.2 Å². The van der Waals surface area contributed by atoms with Crippen LogP contribution in [0.3, 0.4) is 0 Å². The molecule has 0 radical (unpaired) electrons. The van der Waals surface area contributed by atoms with Crippen LogP contribution in [0.4, 0.5) is 16.5 Å². The maximum absolute atomic E-state index is 12.8. The van der Waals surface area contributed by atoms with Crippen LogP contribution in [0, 0.1) is 10.1 Å². The molecule has 0 spiro atoms. The lowest BCUT2D eigenvalue weighted by Crippen LogP contribution is -2.36. The number of carbonyl (C=O) groups excluding carboxylic acids is 1. The first-order valence-corrected chi connectivity index (χ1v) is 11.3. The molecule has 3 aromatic carbocycles. The second kappa shape index (κ2) is 8.97. The van der Waals surface area contributed by atoms with E-state index in [2.05, 4.69) is 22.4 Å². The number of rotatable bonds is 5. The molecule has 5 rings (SSSR count). The molecule has 1 N–H and O–H groups in total. The number of morpholine rings is 1. The average Bonchev–Trinajstić information content (AvgIpc) is 3.32. The van der Waals surface area contributed by atoms with Crippen molar-refractivity contribution in [3.05, 3.63) is 81.7 Å². The molecule has 0 atom stereocenters. The summed E-state index contributed by atoms with van der Waals surface area (Å²) >= 11 is 1.31. The van der Waals surface area contributed by atoms with Crippen molar-refractivity contribution in [2.45, 2.75) is 0 Å². The van der Waals surface area contributed by atoms with E-state index in [9.17, 15) is 14.9 Å². The molecule has 1 aromatic heterocycles. The van der Waals surface area contributed by atoms with Gasteiger partial charge in [0, 0.05) is 35.7 Å². The highest BCUT2D eigenvalue weighted by molar-refractivity contribution is 7.14. The zero-order chi connectivity index (χ0) is 22.8. The molecule has 33 heavy (non-hydrogen) atoms. The van der Waals surface area contributed by atoms with E-state index in [0.29, 0.717) is 37.1 Å². The van der Waals surface area contributed by atoms with Crippen LogP contribution in [0.5, 0.6) is 0 Å². The van der Waals surface area contributed by atoms with Crippen LogP contribution in [0.25, 0.3) is 22.0 Å². The molecule has 0 aliphatic carbocycles. The van der Waals surface area contributed by atoms with Crippen molar-refractivity contribution in [1.29, 1.82) is 0 Å². The summed E-state index contributed by atoms with van der Waals surface area (Å²) in [7, 11) is 0. The lowest BCUT2D eigenvalue weighted by molar-refractivity contribution is -0.384. The van der Waals surface area contributed by atoms with E-state index in [-0.39, 0.29) is 11.3 Å². The molecule has 0 unspecified atom stereocenters. The minimum Gasteiger partial charge on any atom is -0.378 e. The third-order valence-corrected chi connectivity index (χ3v) is 6.31. The van der Waals surface area contributed by atoms with Gasteiger partial charge in [0.15, 0.2) is 5.13 Å². The van der Waals surface area contributed by atoms with Crippen molar-refractivity contribution in [2.75, 3.05) is 36.5 Å². The fraction of sp³-hybridized carbons (Fsp3) is 0.167. The number of benzene rings is 3. The van der Waals surface area contributed by atoms with E-state index in [4.69, 9.17) is 4.74 Å². The summed E-state index contributed by atoms with van der Waals surface area (Å²) in [6.45, 7) is 2.18. The number of hydrogen-bond acceptors (Lipinski definition) is 7. The molecule has 8 nitrogen and oxygen atoms in total. The first kappa shape index (κ1) is 21.0. The fourth-order valence-electron chi connectivity index (χ4n) is 3.86. The fourth-order valence-corrected chi connectivity index (χ4v) is 4.58. The number of nitro benzene ring substituents is 1. The van der Waals surface area contributed by atoms with Crippen molar-refractivity contribution >= 4 is 44.5 Å². The van der Waals surface area contributed by atoms with Crippen molar-refractivity contribution in [1.82, 2.24) is 4.98 Å². The first-order valence-electron chi connectivity index (χ1n) is 10.5. The second-order valence-corrected chi connectivity index (χ2v) is 8.47. The number of carbonyl (C=O) groups is 1. The van der Waals surface area contributed by atoms with Gasteiger partial charge in [-0.2, -0.15) is 0 Å². The number of ether oxygens (including phenoxy) is 1. The van der Waals surface area contributed by atoms with E-state index in [1.165, 1.54) is 17.4 Å². The number of hydrogen-bond donors (Lipinski definition) is 1. The van der Waals surface area contributed by atoms with Crippen molar-refractivity contribution in [3.63, 3.8) is 0 Å². The van der Waals surface area contributed by atoms with Gasteiger partial charge in [0.25, 0.3) is 11.6 Å². The van der Waals surface area contributed by atoms with E-state index in [1.807, 2.05) is 40.6 Å². The summed E-state index contributed by atoms with van der Waals surface area (Å²) in [5.41, 5.74) is 2.32. The van der Waals surface area contributed by atoms with E-state index >= 15 is 0 Å². The van der Waals surface area contributed by atoms with Crippen LogP contribution in [0.15, 0.2) is 66.0 Å². The Morgan fingerprint density at radius 3 is 2.64 bits per heavy atom. The lowest BCUT2D eigenvalue weighted by atomic mass is 10.1. The average molecular weight is 461 g/mol. The minimum absolute atomic E-state index is 0.0967. The molecular formula is C24H20N4O4S. The standard InChI is InChI=1S/C24H20N4O4S/c29-23(19-7-8-21(22(14-19)28(30)31)27-9-11-32-12-10-27)26-24-25-20(15-33-24)18-6-5-16-3-1-2-4-17(16)13-18/h1-8,13-15H,9-12H2,(H,25,26,29). The predicted molar refractivity (Wildman–Crippen MR) is 129 cm³/mol. The molecule has 1 fully saturated rings. The zero-order valence-electron chi connectivity index (χ0n) is 17.6. The molecule has 1 aliphatic rings. The first-order chi connectivity index (χ1) is 16.1. The van der Waals surface area contributed by atoms with Crippen molar-refractivity contribution in [3.8, 4) is 11.3 Å². The van der Waals surface area contributed by atoms with Crippen LogP contribution in [0.1, 0.15) is 10.4 Å². The normalized spacial score (nSPS) is 13.8. The van der Waals surface area contributed by atoms with E-state index in [0.717, 1.165) is 22.0 Å². The SMILES string of the molecule is O=C(Nc1nc(-c2ccc3ccccc3c2)cs1)c1ccc(N2CCOCC2)c([N+](=O)[O-])c1. The Kier molecular flexibility index (Phi) is 5.72. The van der Waals surface area contributed by atoms with Gasteiger partial charge in [-0.25, -0.2) is 4.98 Å². The number of fused-ring (bicyclic) bond motifs is 1.